The van der Waals surface area contributed by atoms with E-state index >= 15 is 0 Å². The van der Waals surface area contributed by atoms with Gasteiger partial charge >= 0.3 is 0 Å². The van der Waals surface area contributed by atoms with Crippen LogP contribution >= 0.6 is 0 Å². The molecule has 5 nitrogen and oxygen atoms in total. The van der Waals surface area contributed by atoms with E-state index in [2.05, 4.69) is 34.0 Å². The summed E-state index contributed by atoms with van der Waals surface area (Å²) >= 11 is 0. The van der Waals surface area contributed by atoms with Gasteiger partial charge in [0, 0.05) is 30.9 Å². The minimum atomic E-state index is 0.0534. The number of H-pyrrole nitrogens is 1. The van der Waals surface area contributed by atoms with Crippen LogP contribution in [0, 0.1) is 12.8 Å². The minimum absolute atomic E-state index is 0.0534. The van der Waals surface area contributed by atoms with Gasteiger partial charge in [0.25, 0.3) is 5.91 Å². The number of benzene rings is 1. The molecule has 2 N–H and O–H groups in total. The first-order valence-electron chi connectivity index (χ1n) is 9.24. The summed E-state index contributed by atoms with van der Waals surface area (Å²) in [6, 6.07) is 7.87. The number of imidazole rings is 1. The normalized spacial score (nSPS) is 18.2. The van der Waals surface area contributed by atoms with E-state index in [1.807, 2.05) is 24.3 Å². The Labute approximate surface area is 149 Å². The summed E-state index contributed by atoms with van der Waals surface area (Å²) in [4.78, 5) is 22.5. The van der Waals surface area contributed by atoms with Gasteiger partial charge in [-0.1, -0.05) is 25.1 Å². The lowest BCUT2D eigenvalue weighted by Crippen LogP contribution is -2.40. The maximum Gasteiger partial charge on any atom is 0.251 e. The molecule has 3 rings (SSSR count). The Balaban J connectivity index is 1.52. The predicted octanol–water partition coefficient (Wildman–Crippen LogP) is 2.92. The number of rotatable bonds is 6. The van der Waals surface area contributed by atoms with Crippen molar-refractivity contribution in [3.63, 3.8) is 0 Å². The molecule has 1 saturated heterocycles. The number of aromatic nitrogens is 2. The van der Waals surface area contributed by atoms with Gasteiger partial charge in [0.15, 0.2) is 0 Å². The van der Waals surface area contributed by atoms with Gasteiger partial charge in [-0.15, -0.1) is 0 Å². The first-order valence-corrected chi connectivity index (χ1v) is 9.24. The van der Waals surface area contributed by atoms with Crippen LogP contribution < -0.4 is 5.32 Å². The van der Waals surface area contributed by atoms with Gasteiger partial charge in [0.05, 0.1) is 12.0 Å². The van der Waals surface area contributed by atoms with Gasteiger partial charge < -0.3 is 10.3 Å². The molecule has 0 spiro atoms. The van der Waals surface area contributed by atoms with Crippen LogP contribution in [0.1, 0.15) is 47.1 Å². The largest absolute Gasteiger partial charge is 0.352 e. The Morgan fingerprint density at radius 3 is 3.00 bits per heavy atom. The second-order valence-corrected chi connectivity index (χ2v) is 6.94. The third kappa shape index (κ3) is 4.48. The monoisotopic (exact) mass is 340 g/mol. The van der Waals surface area contributed by atoms with E-state index < -0.39 is 0 Å². The van der Waals surface area contributed by atoms with Crippen molar-refractivity contribution in [3.8, 4) is 0 Å². The van der Waals surface area contributed by atoms with E-state index in [9.17, 15) is 4.79 Å². The molecule has 0 bridgehead atoms. The van der Waals surface area contributed by atoms with Crippen molar-refractivity contribution in [2.24, 2.45) is 5.92 Å². The van der Waals surface area contributed by atoms with Gasteiger partial charge in [-0.2, -0.15) is 0 Å². The Hall–Kier alpha value is -2.14. The average molecular weight is 340 g/mol. The number of aromatic amines is 1. The van der Waals surface area contributed by atoms with Gasteiger partial charge in [-0.25, -0.2) is 4.98 Å². The molecule has 2 aromatic rings. The van der Waals surface area contributed by atoms with E-state index in [-0.39, 0.29) is 5.91 Å². The molecule has 0 saturated carbocycles. The first kappa shape index (κ1) is 17.7. The maximum absolute atomic E-state index is 12.5. The fourth-order valence-corrected chi connectivity index (χ4v) is 3.60. The van der Waals surface area contributed by atoms with Crippen LogP contribution in [0.3, 0.4) is 0 Å². The van der Waals surface area contributed by atoms with Gasteiger partial charge in [-0.05, 0) is 50.3 Å². The fourth-order valence-electron chi connectivity index (χ4n) is 3.60. The number of hydrogen-bond donors (Lipinski definition) is 2. The second kappa shape index (κ2) is 8.30. The molecule has 2 heterocycles. The number of amides is 1. The van der Waals surface area contributed by atoms with Crippen molar-refractivity contribution >= 4 is 5.91 Å². The number of piperidine rings is 1. The summed E-state index contributed by atoms with van der Waals surface area (Å²) in [5.74, 6) is 0.559. The second-order valence-electron chi connectivity index (χ2n) is 6.94. The van der Waals surface area contributed by atoms with Gasteiger partial charge in [-0.3, -0.25) is 9.69 Å². The van der Waals surface area contributed by atoms with Crippen molar-refractivity contribution < 1.29 is 4.79 Å². The van der Waals surface area contributed by atoms with Crippen LogP contribution in [0.25, 0.3) is 0 Å². The van der Waals surface area contributed by atoms with Crippen LogP contribution in [-0.2, 0) is 13.0 Å². The summed E-state index contributed by atoms with van der Waals surface area (Å²) in [5.41, 5.74) is 4.19. The molecule has 1 atom stereocenters. The van der Waals surface area contributed by atoms with Crippen molar-refractivity contribution in [2.75, 3.05) is 19.6 Å². The van der Waals surface area contributed by atoms with Crippen molar-refractivity contribution in [2.45, 2.75) is 39.7 Å². The number of nitrogens with one attached hydrogen (secondary N) is 2. The smallest absolute Gasteiger partial charge is 0.251 e. The zero-order chi connectivity index (χ0) is 17.6. The topological polar surface area (TPSA) is 61.0 Å². The standard InChI is InChI=1S/C20H28N4O/c1-3-17-8-4-5-9-18(17)20(25)21-11-16-7-6-10-24(12-16)13-19-15(2)22-14-23-19/h4-5,8-9,14,16H,3,6-7,10-13H2,1-2H3,(H,21,25)(H,22,23)/t16-/m0/s1. The number of carbonyl (C=O) groups is 1. The van der Waals surface area contributed by atoms with Crippen molar-refractivity contribution in [3.05, 3.63) is 53.1 Å². The zero-order valence-electron chi connectivity index (χ0n) is 15.2. The molecule has 1 aromatic carbocycles. The van der Waals surface area contributed by atoms with Crippen LogP contribution in [0.4, 0.5) is 0 Å². The molecule has 1 fully saturated rings. The number of carbonyl (C=O) groups excluding carboxylic acids is 1. The van der Waals surface area contributed by atoms with Crippen molar-refractivity contribution in [1.29, 1.82) is 0 Å². The molecule has 1 amide bonds. The van der Waals surface area contributed by atoms with E-state index in [1.165, 1.54) is 12.8 Å². The molecule has 1 aromatic heterocycles. The average Bonchev–Trinajstić information content (AvgIpc) is 3.04. The van der Waals surface area contributed by atoms with E-state index in [0.717, 1.165) is 55.1 Å². The summed E-state index contributed by atoms with van der Waals surface area (Å²) in [6.07, 6.45) is 4.99. The van der Waals surface area contributed by atoms with Crippen LogP contribution in [-0.4, -0.2) is 40.4 Å². The van der Waals surface area contributed by atoms with Gasteiger partial charge in [0.2, 0.25) is 0 Å². The Morgan fingerprint density at radius 2 is 2.24 bits per heavy atom. The maximum atomic E-state index is 12.5. The Bertz CT molecular complexity index is 709. The summed E-state index contributed by atoms with van der Waals surface area (Å²) in [6.45, 7) is 7.90. The highest BCUT2D eigenvalue weighted by Gasteiger charge is 2.22. The molecule has 0 aliphatic carbocycles. The highest BCUT2D eigenvalue weighted by atomic mass is 16.1. The summed E-state index contributed by atoms with van der Waals surface area (Å²) in [7, 11) is 0. The number of aryl methyl sites for hydroxylation is 2. The SMILES string of the molecule is CCc1ccccc1C(=O)NC[C@@H]1CCCN(Cc2nc[nH]c2C)C1. The molecular formula is C20H28N4O. The van der Waals surface area contributed by atoms with E-state index in [4.69, 9.17) is 0 Å². The molecule has 5 heteroatoms. The van der Waals surface area contributed by atoms with Crippen LogP contribution in [0.2, 0.25) is 0 Å². The fraction of sp³-hybridized carbons (Fsp3) is 0.500. The van der Waals surface area contributed by atoms with Crippen LogP contribution in [0.5, 0.6) is 0 Å². The molecular weight excluding hydrogens is 312 g/mol. The lowest BCUT2D eigenvalue weighted by molar-refractivity contribution is 0.0929. The molecule has 1 aliphatic rings. The highest BCUT2D eigenvalue weighted by molar-refractivity contribution is 5.95. The highest BCUT2D eigenvalue weighted by Crippen LogP contribution is 2.18. The minimum Gasteiger partial charge on any atom is -0.352 e. The number of nitrogens with zero attached hydrogens (tertiary/aromatic N) is 2. The Morgan fingerprint density at radius 1 is 1.40 bits per heavy atom. The zero-order valence-corrected chi connectivity index (χ0v) is 15.2. The third-order valence-corrected chi connectivity index (χ3v) is 5.10. The molecule has 0 unspecified atom stereocenters. The molecule has 0 radical (unpaired) electrons. The third-order valence-electron chi connectivity index (χ3n) is 5.10. The summed E-state index contributed by atoms with van der Waals surface area (Å²) < 4.78 is 0. The number of likely N-dealkylation sites (tertiary alicyclic amines) is 1. The van der Waals surface area contributed by atoms with Crippen LogP contribution in [0.15, 0.2) is 30.6 Å². The first-order chi connectivity index (χ1) is 12.2. The molecule has 134 valence electrons. The number of hydrogen-bond acceptors (Lipinski definition) is 3. The predicted molar refractivity (Wildman–Crippen MR) is 99.5 cm³/mol. The van der Waals surface area contributed by atoms with E-state index in [0.29, 0.717) is 5.92 Å². The summed E-state index contributed by atoms with van der Waals surface area (Å²) in [5, 5.41) is 3.15. The van der Waals surface area contributed by atoms with Crippen molar-refractivity contribution in [1.82, 2.24) is 20.2 Å². The quantitative estimate of drug-likeness (QED) is 0.850. The lowest BCUT2D eigenvalue weighted by Gasteiger charge is -2.32. The molecule has 25 heavy (non-hydrogen) atoms. The lowest BCUT2D eigenvalue weighted by atomic mass is 9.97. The van der Waals surface area contributed by atoms with Gasteiger partial charge in [0.1, 0.15) is 0 Å². The Kier molecular flexibility index (Phi) is 5.87. The molecule has 1 aliphatic heterocycles. The van der Waals surface area contributed by atoms with E-state index in [1.54, 1.807) is 6.33 Å².